The molecule has 0 aliphatic heterocycles. The van der Waals surface area contributed by atoms with E-state index in [-0.39, 0.29) is 5.82 Å². The SMILES string of the molecule is CC(C#N)(CCCCSc1ccccc1F)NC1CC1. The lowest BCUT2D eigenvalue weighted by Gasteiger charge is -2.23. The van der Waals surface area contributed by atoms with Gasteiger partial charge in [0.1, 0.15) is 11.4 Å². The van der Waals surface area contributed by atoms with Crippen molar-refractivity contribution in [2.24, 2.45) is 0 Å². The van der Waals surface area contributed by atoms with E-state index in [1.54, 1.807) is 17.8 Å². The van der Waals surface area contributed by atoms with E-state index >= 15 is 0 Å². The van der Waals surface area contributed by atoms with Gasteiger partial charge >= 0.3 is 0 Å². The van der Waals surface area contributed by atoms with Crippen LogP contribution in [0.3, 0.4) is 0 Å². The molecule has 0 aromatic heterocycles. The van der Waals surface area contributed by atoms with Gasteiger partial charge in [-0.2, -0.15) is 5.26 Å². The Labute approximate surface area is 124 Å². The molecule has 1 aliphatic carbocycles. The average Bonchev–Trinajstić information content (AvgIpc) is 3.24. The zero-order valence-corrected chi connectivity index (χ0v) is 12.7. The maximum atomic E-state index is 13.4. The van der Waals surface area contributed by atoms with Gasteiger partial charge in [-0.1, -0.05) is 12.1 Å². The van der Waals surface area contributed by atoms with Crippen LogP contribution in [0.15, 0.2) is 29.2 Å². The van der Waals surface area contributed by atoms with Crippen molar-refractivity contribution in [3.8, 4) is 6.07 Å². The number of nitrogens with zero attached hydrogens (tertiary/aromatic N) is 1. The fourth-order valence-corrected chi connectivity index (χ4v) is 3.11. The minimum atomic E-state index is -0.399. The standard InChI is InChI=1S/C16H21FN2S/c1-16(12-18,19-13-8-9-13)10-4-5-11-20-15-7-3-2-6-14(15)17/h2-3,6-7,13,19H,4-5,8-11H2,1H3. The lowest BCUT2D eigenvalue weighted by Crippen LogP contribution is -2.42. The van der Waals surface area contributed by atoms with Crippen LogP contribution in [0.2, 0.25) is 0 Å². The highest BCUT2D eigenvalue weighted by Crippen LogP contribution is 2.26. The Morgan fingerprint density at radius 2 is 2.15 bits per heavy atom. The van der Waals surface area contributed by atoms with Gasteiger partial charge < -0.3 is 0 Å². The Bertz CT molecular complexity index is 482. The number of hydrogen-bond donors (Lipinski definition) is 1. The minimum absolute atomic E-state index is 0.144. The fourth-order valence-electron chi connectivity index (χ4n) is 2.16. The highest BCUT2D eigenvalue weighted by molar-refractivity contribution is 7.99. The molecule has 1 aromatic carbocycles. The molecule has 2 nitrogen and oxygen atoms in total. The molecule has 0 saturated heterocycles. The van der Waals surface area contributed by atoms with Crippen molar-refractivity contribution in [3.05, 3.63) is 30.1 Å². The predicted octanol–water partition coefficient (Wildman–Crippen LogP) is 4.12. The Balaban J connectivity index is 1.66. The van der Waals surface area contributed by atoms with Crippen LogP contribution in [-0.4, -0.2) is 17.3 Å². The number of halogens is 1. The van der Waals surface area contributed by atoms with E-state index in [0.29, 0.717) is 10.9 Å². The van der Waals surface area contributed by atoms with Gasteiger partial charge in [0, 0.05) is 10.9 Å². The van der Waals surface area contributed by atoms with Crippen molar-refractivity contribution < 1.29 is 4.39 Å². The Morgan fingerprint density at radius 3 is 2.80 bits per heavy atom. The van der Waals surface area contributed by atoms with Gasteiger partial charge in [0.15, 0.2) is 0 Å². The van der Waals surface area contributed by atoms with Crippen LogP contribution >= 0.6 is 11.8 Å². The Hall–Kier alpha value is -1.05. The third kappa shape index (κ3) is 4.81. The number of unbranched alkanes of at least 4 members (excludes halogenated alkanes) is 1. The largest absolute Gasteiger partial charge is 0.297 e. The summed E-state index contributed by atoms with van der Waals surface area (Å²) >= 11 is 1.55. The molecule has 0 spiro atoms. The molecule has 0 radical (unpaired) electrons. The molecule has 1 saturated carbocycles. The summed E-state index contributed by atoms with van der Waals surface area (Å²) in [5, 5.41) is 12.7. The van der Waals surface area contributed by atoms with Crippen molar-refractivity contribution >= 4 is 11.8 Å². The van der Waals surface area contributed by atoms with Crippen LogP contribution in [0.1, 0.15) is 39.0 Å². The zero-order chi connectivity index (χ0) is 14.4. The first-order valence-corrected chi connectivity index (χ1v) is 8.18. The maximum absolute atomic E-state index is 13.4. The smallest absolute Gasteiger partial charge is 0.136 e. The van der Waals surface area contributed by atoms with E-state index in [0.717, 1.165) is 25.0 Å². The minimum Gasteiger partial charge on any atom is -0.297 e. The van der Waals surface area contributed by atoms with Crippen LogP contribution in [0.5, 0.6) is 0 Å². The molecular formula is C16H21FN2S. The van der Waals surface area contributed by atoms with E-state index in [4.69, 9.17) is 0 Å². The summed E-state index contributed by atoms with van der Waals surface area (Å²) in [7, 11) is 0. The quantitative estimate of drug-likeness (QED) is 0.578. The van der Waals surface area contributed by atoms with Crippen LogP contribution in [0.25, 0.3) is 0 Å². The number of nitrogens with one attached hydrogen (secondary N) is 1. The van der Waals surface area contributed by atoms with Crippen molar-refractivity contribution in [2.45, 2.75) is 55.5 Å². The summed E-state index contributed by atoms with van der Waals surface area (Å²) in [6.07, 6.45) is 5.24. The Kier molecular flexibility index (Phi) is 5.45. The lowest BCUT2D eigenvalue weighted by atomic mass is 9.96. The monoisotopic (exact) mass is 292 g/mol. The number of nitriles is 1. The second kappa shape index (κ2) is 7.10. The number of hydrogen-bond acceptors (Lipinski definition) is 3. The molecule has 0 heterocycles. The zero-order valence-electron chi connectivity index (χ0n) is 11.9. The summed E-state index contributed by atoms with van der Waals surface area (Å²) in [5.41, 5.74) is -0.399. The molecule has 0 amide bonds. The van der Waals surface area contributed by atoms with Gasteiger partial charge in [0.2, 0.25) is 0 Å². The fraction of sp³-hybridized carbons (Fsp3) is 0.562. The first kappa shape index (κ1) is 15.3. The maximum Gasteiger partial charge on any atom is 0.136 e. The van der Waals surface area contributed by atoms with Gasteiger partial charge in [-0.15, -0.1) is 11.8 Å². The predicted molar refractivity (Wildman–Crippen MR) is 81.2 cm³/mol. The average molecular weight is 292 g/mol. The summed E-state index contributed by atoms with van der Waals surface area (Å²) in [6.45, 7) is 1.98. The van der Waals surface area contributed by atoms with Crippen LogP contribution in [-0.2, 0) is 0 Å². The number of rotatable bonds is 8. The second-order valence-corrected chi connectivity index (χ2v) is 6.74. The first-order chi connectivity index (χ1) is 9.63. The Morgan fingerprint density at radius 1 is 1.40 bits per heavy atom. The first-order valence-electron chi connectivity index (χ1n) is 7.19. The van der Waals surface area contributed by atoms with Crippen molar-refractivity contribution in [2.75, 3.05) is 5.75 Å². The molecule has 1 aromatic rings. The normalized spacial score (nSPS) is 17.4. The van der Waals surface area contributed by atoms with E-state index < -0.39 is 5.54 Å². The van der Waals surface area contributed by atoms with Crippen LogP contribution in [0, 0.1) is 17.1 Å². The van der Waals surface area contributed by atoms with Crippen LogP contribution in [0.4, 0.5) is 4.39 Å². The summed E-state index contributed by atoms with van der Waals surface area (Å²) < 4.78 is 13.4. The lowest BCUT2D eigenvalue weighted by molar-refractivity contribution is 0.402. The molecule has 1 aliphatic rings. The number of thioether (sulfide) groups is 1. The molecular weight excluding hydrogens is 271 g/mol. The highest BCUT2D eigenvalue weighted by atomic mass is 32.2. The van der Waals surface area contributed by atoms with E-state index in [1.165, 1.54) is 18.9 Å². The molecule has 2 rings (SSSR count). The van der Waals surface area contributed by atoms with Crippen molar-refractivity contribution in [1.29, 1.82) is 5.26 Å². The molecule has 4 heteroatoms. The van der Waals surface area contributed by atoms with Crippen molar-refractivity contribution in [1.82, 2.24) is 5.32 Å². The molecule has 1 atom stereocenters. The molecule has 0 bridgehead atoms. The topological polar surface area (TPSA) is 35.8 Å². The third-order valence-electron chi connectivity index (χ3n) is 3.51. The van der Waals surface area contributed by atoms with Crippen LogP contribution < -0.4 is 5.32 Å². The molecule has 1 unspecified atom stereocenters. The molecule has 1 fully saturated rings. The highest BCUT2D eigenvalue weighted by Gasteiger charge is 2.31. The van der Waals surface area contributed by atoms with E-state index in [9.17, 15) is 9.65 Å². The van der Waals surface area contributed by atoms with Crippen molar-refractivity contribution in [3.63, 3.8) is 0 Å². The molecule has 108 valence electrons. The summed E-state index contributed by atoms with van der Waals surface area (Å²) in [6, 6.07) is 9.81. The van der Waals surface area contributed by atoms with Gasteiger partial charge in [0.25, 0.3) is 0 Å². The molecule has 20 heavy (non-hydrogen) atoms. The second-order valence-electron chi connectivity index (χ2n) is 5.60. The molecule has 1 N–H and O–H groups in total. The van der Waals surface area contributed by atoms with Gasteiger partial charge in [0.05, 0.1) is 6.07 Å². The van der Waals surface area contributed by atoms with Gasteiger partial charge in [-0.25, -0.2) is 4.39 Å². The van der Waals surface area contributed by atoms with Gasteiger partial charge in [-0.3, -0.25) is 5.32 Å². The van der Waals surface area contributed by atoms with E-state index in [2.05, 4.69) is 11.4 Å². The summed E-state index contributed by atoms with van der Waals surface area (Å²) in [5.74, 6) is 0.751. The third-order valence-corrected chi connectivity index (χ3v) is 4.65. The summed E-state index contributed by atoms with van der Waals surface area (Å²) in [4.78, 5) is 0.714. The van der Waals surface area contributed by atoms with E-state index in [1.807, 2.05) is 19.1 Å². The number of benzene rings is 1. The van der Waals surface area contributed by atoms with Gasteiger partial charge in [-0.05, 0) is 56.9 Å².